The summed E-state index contributed by atoms with van der Waals surface area (Å²) >= 11 is 4.41. The van der Waals surface area contributed by atoms with Crippen molar-refractivity contribution in [2.75, 3.05) is 0 Å². The van der Waals surface area contributed by atoms with E-state index in [1.807, 2.05) is 0 Å². The fourth-order valence-electron chi connectivity index (χ4n) is 2.29. The van der Waals surface area contributed by atoms with Gasteiger partial charge in [0, 0.05) is 6.54 Å². The molecule has 1 atom stereocenters. The van der Waals surface area contributed by atoms with Gasteiger partial charge in [-0.3, -0.25) is 0 Å². The molecule has 114 valence electrons. The van der Waals surface area contributed by atoms with Gasteiger partial charge in [-0.1, -0.05) is 11.3 Å². The Labute approximate surface area is 135 Å². The largest absolute Gasteiger partial charge is 0.268 e. The number of fused-ring (bicyclic) bond motifs is 1. The molecule has 21 heavy (non-hydrogen) atoms. The molecule has 1 aliphatic heterocycles. The van der Waals surface area contributed by atoms with Crippen LogP contribution in [0.5, 0.6) is 0 Å². The predicted molar refractivity (Wildman–Crippen MR) is 81.6 cm³/mol. The molecule has 2 aromatic heterocycles. The number of thiazole rings is 1. The topological polar surface area (TPSA) is 89.8 Å². The highest BCUT2D eigenvalue weighted by molar-refractivity contribution is 9.11. The first-order chi connectivity index (χ1) is 9.87. The van der Waals surface area contributed by atoms with Gasteiger partial charge in [-0.15, -0.1) is 0 Å². The van der Waals surface area contributed by atoms with Gasteiger partial charge >= 0.3 is 0 Å². The van der Waals surface area contributed by atoms with Gasteiger partial charge in [0.25, 0.3) is 10.0 Å². The van der Waals surface area contributed by atoms with Crippen molar-refractivity contribution in [3.05, 3.63) is 21.1 Å². The lowest BCUT2D eigenvalue weighted by Crippen LogP contribution is -2.33. The molecule has 1 aliphatic rings. The van der Waals surface area contributed by atoms with Crippen LogP contribution in [0.3, 0.4) is 0 Å². The van der Waals surface area contributed by atoms with E-state index in [2.05, 4.69) is 35.7 Å². The Hall–Kier alpha value is -0.840. The second-order valence-corrected chi connectivity index (χ2v) is 9.10. The lowest BCUT2D eigenvalue weighted by Gasteiger charge is -2.22. The number of nitrogens with zero attached hydrogens (tertiary/aromatic N) is 4. The SMILES string of the molecule is Cc1nc2n(n1)CCC[C@H]2NS(=O)(=O)c1nc(C)c(Br)s1. The number of aryl methyl sites for hydroxylation is 3. The maximum Gasteiger partial charge on any atom is 0.268 e. The number of halogens is 1. The molecule has 3 heterocycles. The number of hydrogen-bond donors (Lipinski definition) is 1. The third kappa shape index (κ3) is 2.89. The highest BCUT2D eigenvalue weighted by Gasteiger charge is 2.30. The molecular formula is C11H14BrN5O2S2. The molecule has 0 bridgehead atoms. The van der Waals surface area contributed by atoms with Gasteiger partial charge in [0.2, 0.25) is 4.34 Å². The van der Waals surface area contributed by atoms with Crippen molar-refractivity contribution in [3.63, 3.8) is 0 Å². The Morgan fingerprint density at radius 3 is 2.81 bits per heavy atom. The minimum absolute atomic E-state index is 0.0697. The van der Waals surface area contributed by atoms with Crippen molar-refractivity contribution in [3.8, 4) is 0 Å². The molecule has 1 N–H and O–H groups in total. The molecular weight excluding hydrogens is 378 g/mol. The molecule has 0 aromatic carbocycles. The molecule has 0 unspecified atom stereocenters. The Balaban J connectivity index is 1.90. The molecule has 10 heteroatoms. The maximum atomic E-state index is 12.4. The van der Waals surface area contributed by atoms with Crippen LogP contribution in [-0.4, -0.2) is 28.2 Å². The van der Waals surface area contributed by atoms with Crippen LogP contribution in [0, 0.1) is 13.8 Å². The summed E-state index contributed by atoms with van der Waals surface area (Å²) in [5, 5.41) is 4.27. The van der Waals surface area contributed by atoms with E-state index in [0.717, 1.165) is 28.1 Å². The quantitative estimate of drug-likeness (QED) is 0.862. The highest BCUT2D eigenvalue weighted by Crippen LogP contribution is 2.30. The summed E-state index contributed by atoms with van der Waals surface area (Å²) in [4.78, 5) is 8.42. The van der Waals surface area contributed by atoms with Gasteiger partial charge in [-0.2, -0.15) is 9.82 Å². The van der Waals surface area contributed by atoms with Gasteiger partial charge < -0.3 is 0 Å². The van der Waals surface area contributed by atoms with E-state index in [0.29, 0.717) is 23.8 Å². The van der Waals surface area contributed by atoms with Crippen molar-refractivity contribution in [1.29, 1.82) is 0 Å². The van der Waals surface area contributed by atoms with E-state index >= 15 is 0 Å². The minimum atomic E-state index is -3.65. The third-order valence-electron chi connectivity index (χ3n) is 3.23. The zero-order valence-electron chi connectivity index (χ0n) is 11.5. The van der Waals surface area contributed by atoms with Crippen molar-refractivity contribution in [2.24, 2.45) is 0 Å². The molecule has 2 aromatic rings. The molecule has 0 fully saturated rings. The Kier molecular flexibility index (Phi) is 3.89. The number of sulfonamides is 1. The van der Waals surface area contributed by atoms with Gasteiger partial charge in [-0.05, 0) is 42.6 Å². The van der Waals surface area contributed by atoms with Crippen LogP contribution in [-0.2, 0) is 16.6 Å². The summed E-state index contributed by atoms with van der Waals surface area (Å²) in [7, 11) is -3.65. The summed E-state index contributed by atoms with van der Waals surface area (Å²) < 4.78 is 30.1. The summed E-state index contributed by atoms with van der Waals surface area (Å²) in [5.74, 6) is 1.33. The first-order valence-electron chi connectivity index (χ1n) is 6.43. The van der Waals surface area contributed by atoms with Crippen LogP contribution in [0.25, 0.3) is 0 Å². The molecule has 0 saturated heterocycles. The number of rotatable bonds is 3. The Morgan fingerprint density at radius 2 is 2.14 bits per heavy atom. The van der Waals surface area contributed by atoms with Gasteiger partial charge in [0.05, 0.1) is 15.5 Å². The maximum absolute atomic E-state index is 12.4. The second kappa shape index (κ2) is 5.41. The van der Waals surface area contributed by atoms with Gasteiger partial charge in [-0.25, -0.2) is 23.1 Å². The monoisotopic (exact) mass is 391 g/mol. The fourth-order valence-corrected chi connectivity index (χ4v) is 5.48. The third-order valence-corrected chi connectivity index (χ3v) is 7.08. The van der Waals surface area contributed by atoms with Crippen LogP contribution >= 0.6 is 27.3 Å². The van der Waals surface area contributed by atoms with Crippen LogP contribution in [0.4, 0.5) is 0 Å². The predicted octanol–water partition coefficient (Wildman–Crippen LogP) is 1.93. The lowest BCUT2D eigenvalue weighted by atomic mass is 10.1. The standard InChI is InChI=1S/C11H14BrN5O2S2/c1-6-9(12)20-11(13-6)21(18,19)16-8-4-3-5-17-10(8)14-7(2)15-17/h8,16H,3-5H2,1-2H3/t8-/m1/s1. The van der Waals surface area contributed by atoms with E-state index in [4.69, 9.17) is 0 Å². The molecule has 0 spiro atoms. The highest BCUT2D eigenvalue weighted by atomic mass is 79.9. The fraction of sp³-hybridized carbons (Fsp3) is 0.545. The van der Waals surface area contributed by atoms with E-state index in [9.17, 15) is 8.42 Å². The summed E-state index contributed by atoms with van der Waals surface area (Å²) in [5.41, 5.74) is 0.669. The van der Waals surface area contributed by atoms with Crippen molar-refractivity contribution < 1.29 is 8.42 Å². The second-order valence-electron chi connectivity index (χ2n) is 4.90. The average Bonchev–Trinajstić information content (AvgIpc) is 2.93. The average molecular weight is 392 g/mol. The zero-order valence-corrected chi connectivity index (χ0v) is 14.7. The molecule has 3 rings (SSSR count). The van der Waals surface area contributed by atoms with E-state index in [1.165, 1.54) is 0 Å². The number of hydrogen-bond acceptors (Lipinski definition) is 6. The first-order valence-corrected chi connectivity index (χ1v) is 9.52. The van der Waals surface area contributed by atoms with Crippen LogP contribution in [0.2, 0.25) is 0 Å². The first kappa shape index (κ1) is 15.1. The summed E-state index contributed by atoms with van der Waals surface area (Å²) in [6.07, 6.45) is 1.58. The molecule has 0 radical (unpaired) electrons. The van der Waals surface area contributed by atoms with Crippen molar-refractivity contribution in [1.82, 2.24) is 24.5 Å². The smallest absolute Gasteiger partial charge is 0.248 e. The van der Waals surface area contributed by atoms with Crippen molar-refractivity contribution in [2.45, 2.75) is 43.6 Å². The molecule has 0 saturated carbocycles. The number of aromatic nitrogens is 4. The minimum Gasteiger partial charge on any atom is -0.248 e. The lowest BCUT2D eigenvalue weighted by molar-refractivity contribution is 0.399. The normalized spacial score (nSPS) is 18.7. The van der Waals surface area contributed by atoms with Crippen molar-refractivity contribution >= 4 is 37.3 Å². The molecule has 7 nitrogen and oxygen atoms in total. The summed E-state index contributed by atoms with van der Waals surface area (Å²) in [6.45, 7) is 4.34. The Morgan fingerprint density at radius 1 is 1.38 bits per heavy atom. The van der Waals surface area contributed by atoms with E-state index < -0.39 is 10.0 Å². The van der Waals surface area contributed by atoms with Crippen LogP contribution in [0.15, 0.2) is 8.13 Å². The molecule has 0 amide bonds. The van der Waals surface area contributed by atoms with Crippen LogP contribution in [0.1, 0.15) is 36.2 Å². The van der Waals surface area contributed by atoms with E-state index in [-0.39, 0.29) is 10.4 Å². The van der Waals surface area contributed by atoms with Gasteiger partial charge in [0.15, 0.2) is 0 Å². The Bertz CT molecular complexity index is 763. The summed E-state index contributed by atoms with van der Waals surface area (Å²) in [6, 6.07) is -0.354. The number of nitrogens with one attached hydrogen (secondary N) is 1. The molecule has 0 aliphatic carbocycles. The zero-order chi connectivity index (χ0) is 15.2. The van der Waals surface area contributed by atoms with Crippen LogP contribution < -0.4 is 4.72 Å². The van der Waals surface area contributed by atoms with E-state index in [1.54, 1.807) is 18.5 Å². The van der Waals surface area contributed by atoms with Gasteiger partial charge in [0.1, 0.15) is 11.6 Å².